The van der Waals surface area contributed by atoms with Crippen LogP contribution in [0.1, 0.15) is 43.2 Å². The van der Waals surface area contributed by atoms with Crippen molar-refractivity contribution in [3.63, 3.8) is 0 Å². The van der Waals surface area contributed by atoms with Gasteiger partial charge in [0.2, 0.25) is 11.8 Å². The SMILES string of the molecule is O=C(Nc1ccc(SCC(=O)N2c3ccccc3CCc3ccccc32)cc1)C1CCCCC1. The summed E-state index contributed by atoms with van der Waals surface area (Å²) < 4.78 is 0. The number of hydrogen-bond acceptors (Lipinski definition) is 3. The van der Waals surface area contributed by atoms with Gasteiger partial charge in [-0.1, -0.05) is 55.7 Å². The minimum Gasteiger partial charge on any atom is -0.326 e. The Morgan fingerprint density at radius 1 is 0.794 bits per heavy atom. The highest BCUT2D eigenvalue weighted by atomic mass is 32.2. The molecule has 1 saturated carbocycles. The zero-order chi connectivity index (χ0) is 23.3. The zero-order valence-electron chi connectivity index (χ0n) is 19.3. The number of thioether (sulfide) groups is 1. The van der Waals surface area contributed by atoms with Crippen LogP contribution >= 0.6 is 11.8 Å². The lowest BCUT2D eigenvalue weighted by atomic mass is 9.88. The summed E-state index contributed by atoms with van der Waals surface area (Å²) >= 11 is 1.53. The van der Waals surface area contributed by atoms with Gasteiger partial charge in [-0.25, -0.2) is 0 Å². The molecule has 4 nitrogen and oxygen atoms in total. The van der Waals surface area contributed by atoms with Gasteiger partial charge in [-0.05, 0) is 73.2 Å². The Bertz CT molecular complexity index is 1120. The molecule has 5 heteroatoms. The number of carbonyl (C=O) groups excluding carboxylic acids is 2. The molecule has 3 aromatic rings. The van der Waals surface area contributed by atoms with E-state index < -0.39 is 0 Å². The smallest absolute Gasteiger partial charge is 0.241 e. The average molecular weight is 471 g/mol. The van der Waals surface area contributed by atoms with E-state index in [2.05, 4.69) is 17.4 Å². The first-order valence-electron chi connectivity index (χ1n) is 12.2. The van der Waals surface area contributed by atoms with E-state index in [1.807, 2.05) is 65.6 Å². The monoisotopic (exact) mass is 470 g/mol. The Morgan fingerprint density at radius 2 is 1.38 bits per heavy atom. The lowest BCUT2D eigenvalue weighted by molar-refractivity contribution is -0.120. The summed E-state index contributed by atoms with van der Waals surface area (Å²) in [5.74, 6) is 0.686. The maximum Gasteiger partial charge on any atom is 0.241 e. The molecule has 174 valence electrons. The largest absolute Gasteiger partial charge is 0.326 e. The molecule has 2 aliphatic rings. The number of aryl methyl sites for hydroxylation is 2. The van der Waals surface area contributed by atoms with Crippen molar-refractivity contribution in [2.24, 2.45) is 5.92 Å². The number of rotatable bonds is 5. The van der Waals surface area contributed by atoms with Gasteiger partial charge in [-0.3, -0.25) is 14.5 Å². The lowest BCUT2D eigenvalue weighted by Gasteiger charge is -2.25. The first-order chi connectivity index (χ1) is 16.7. The van der Waals surface area contributed by atoms with Gasteiger partial charge in [-0.2, -0.15) is 0 Å². The fourth-order valence-corrected chi connectivity index (χ4v) is 5.75. The summed E-state index contributed by atoms with van der Waals surface area (Å²) in [6.07, 6.45) is 7.37. The highest BCUT2D eigenvalue weighted by Crippen LogP contribution is 2.37. The summed E-state index contributed by atoms with van der Waals surface area (Å²) in [5, 5.41) is 3.06. The molecule has 1 N–H and O–H groups in total. The van der Waals surface area contributed by atoms with Gasteiger partial charge in [0, 0.05) is 16.5 Å². The number of amides is 2. The topological polar surface area (TPSA) is 49.4 Å². The summed E-state index contributed by atoms with van der Waals surface area (Å²) in [7, 11) is 0. The third-order valence-corrected chi connectivity index (χ3v) is 7.84. The van der Waals surface area contributed by atoms with Gasteiger partial charge < -0.3 is 5.32 Å². The van der Waals surface area contributed by atoms with Gasteiger partial charge in [0.25, 0.3) is 0 Å². The molecular weight excluding hydrogens is 440 g/mol. The van der Waals surface area contributed by atoms with E-state index in [1.165, 1.54) is 29.3 Å². The number of benzene rings is 3. The van der Waals surface area contributed by atoms with E-state index >= 15 is 0 Å². The third kappa shape index (κ3) is 5.05. The van der Waals surface area contributed by atoms with Gasteiger partial charge in [0.15, 0.2) is 0 Å². The third-order valence-electron chi connectivity index (χ3n) is 6.84. The molecule has 1 aliphatic heterocycles. The normalized spacial score (nSPS) is 15.7. The van der Waals surface area contributed by atoms with Crippen LogP contribution in [0.15, 0.2) is 77.7 Å². The number of para-hydroxylation sites is 2. The molecule has 0 radical (unpaired) electrons. The number of hydrogen-bond donors (Lipinski definition) is 1. The van der Waals surface area contributed by atoms with Gasteiger partial charge in [-0.15, -0.1) is 11.8 Å². The fourth-order valence-electron chi connectivity index (χ4n) is 5.00. The maximum absolute atomic E-state index is 13.5. The van der Waals surface area contributed by atoms with Gasteiger partial charge in [0.05, 0.1) is 17.1 Å². The van der Waals surface area contributed by atoms with Crippen LogP contribution in [0, 0.1) is 5.92 Å². The van der Waals surface area contributed by atoms with Gasteiger partial charge >= 0.3 is 0 Å². The van der Waals surface area contributed by atoms with Crippen molar-refractivity contribution >= 4 is 40.6 Å². The second-order valence-corrected chi connectivity index (χ2v) is 10.2. The molecular formula is C29H30N2O2S. The van der Waals surface area contributed by atoms with Crippen molar-refractivity contribution in [1.82, 2.24) is 0 Å². The van der Waals surface area contributed by atoms with E-state index in [0.717, 1.165) is 60.5 Å². The zero-order valence-corrected chi connectivity index (χ0v) is 20.2. The summed E-state index contributed by atoms with van der Waals surface area (Å²) in [6, 6.07) is 24.3. The van der Waals surface area contributed by atoms with E-state index in [0.29, 0.717) is 5.75 Å². The highest BCUT2D eigenvalue weighted by molar-refractivity contribution is 8.00. The molecule has 0 saturated heterocycles. The Labute approximate surface area is 205 Å². The van der Waals surface area contributed by atoms with E-state index in [1.54, 1.807) is 0 Å². The number of carbonyl (C=O) groups is 2. The Morgan fingerprint density at radius 3 is 2.00 bits per heavy atom. The highest BCUT2D eigenvalue weighted by Gasteiger charge is 2.25. The van der Waals surface area contributed by atoms with Crippen LogP contribution in [-0.2, 0) is 22.4 Å². The van der Waals surface area contributed by atoms with Crippen LogP contribution in [0.2, 0.25) is 0 Å². The van der Waals surface area contributed by atoms with Crippen LogP contribution in [0.25, 0.3) is 0 Å². The van der Waals surface area contributed by atoms with Crippen molar-refractivity contribution in [3.8, 4) is 0 Å². The molecule has 2 amide bonds. The maximum atomic E-state index is 13.5. The van der Waals surface area contributed by atoms with E-state index in [-0.39, 0.29) is 17.7 Å². The first-order valence-corrected chi connectivity index (χ1v) is 13.2. The predicted molar refractivity (Wildman–Crippen MR) is 140 cm³/mol. The minimum atomic E-state index is 0.0708. The number of nitrogens with one attached hydrogen (secondary N) is 1. The molecule has 1 heterocycles. The molecule has 34 heavy (non-hydrogen) atoms. The first kappa shape index (κ1) is 22.7. The number of fused-ring (bicyclic) bond motifs is 2. The molecule has 0 bridgehead atoms. The predicted octanol–water partition coefficient (Wildman–Crippen LogP) is 6.76. The Kier molecular flexibility index (Phi) is 7.00. The molecule has 0 unspecified atom stereocenters. The summed E-state index contributed by atoms with van der Waals surface area (Å²) in [6.45, 7) is 0. The molecule has 1 aliphatic carbocycles. The second-order valence-electron chi connectivity index (χ2n) is 9.12. The van der Waals surface area contributed by atoms with Crippen LogP contribution < -0.4 is 10.2 Å². The van der Waals surface area contributed by atoms with Crippen molar-refractivity contribution < 1.29 is 9.59 Å². The van der Waals surface area contributed by atoms with Crippen LogP contribution in [0.5, 0.6) is 0 Å². The second kappa shape index (κ2) is 10.5. The fraction of sp³-hybridized carbons (Fsp3) is 0.310. The number of nitrogens with zero attached hydrogens (tertiary/aromatic N) is 1. The number of anilines is 3. The van der Waals surface area contributed by atoms with Crippen molar-refractivity contribution in [1.29, 1.82) is 0 Å². The minimum absolute atomic E-state index is 0.0708. The Balaban J connectivity index is 1.26. The van der Waals surface area contributed by atoms with Crippen LogP contribution in [0.4, 0.5) is 17.1 Å². The molecule has 5 rings (SSSR count). The van der Waals surface area contributed by atoms with Crippen LogP contribution in [-0.4, -0.2) is 17.6 Å². The van der Waals surface area contributed by atoms with E-state index in [4.69, 9.17) is 0 Å². The van der Waals surface area contributed by atoms with Crippen LogP contribution in [0.3, 0.4) is 0 Å². The van der Waals surface area contributed by atoms with Crippen molar-refractivity contribution in [3.05, 3.63) is 83.9 Å². The van der Waals surface area contributed by atoms with Crippen molar-refractivity contribution in [2.75, 3.05) is 16.0 Å². The molecule has 0 spiro atoms. The Hall–Kier alpha value is -3.05. The molecule has 0 atom stereocenters. The average Bonchev–Trinajstić information content (AvgIpc) is 3.05. The molecule has 3 aromatic carbocycles. The molecule has 0 aromatic heterocycles. The standard InChI is InChI=1S/C29H30N2O2S/c32-28(31-26-12-6-4-8-21(26)14-15-22-9-5-7-13-27(22)31)20-34-25-18-16-24(17-19-25)30-29(33)23-10-2-1-3-11-23/h4-9,12-13,16-19,23H,1-3,10-11,14-15,20H2,(H,30,33). The lowest BCUT2D eigenvalue weighted by Crippen LogP contribution is -2.28. The summed E-state index contributed by atoms with van der Waals surface area (Å²) in [5.41, 5.74) is 5.20. The van der Waals surface area contributed by atoms with Gasteiger partial charge in [0.1, 0.15) is 0 Å². The summed E-state index contributed by atoms with van der Waals surface area (Å²) in [4.78, 5) is 28.9. The van der Waals surface area contributed by atoms with E-state index in [9.17, 15) is 9.59 Å². The van der Waals surface area contributed by atoms with Crippen molar-refractivity contribution in [2.45, 2.75) is 49.8 Å². The quantitative estimate of drug-likeness (QED) is 0.419. The molecule has 1 fully saturated rings.